The smallest absolute Gasteiger partial charge is 0.264 e. The third-order valence-corrected chi connectivity index (χ3v) is 4.73. The van der Waals surface area contributed by atoms with E-state index in [1.807, 2.05) is 0 Å². The Morgan fingerprint density at radius 3 is 2.81 bits per heavy atom. The zero-order valence-electron chi connectivity index (χ0n) is 10.1. The SMILES string of the molecule is CC[C@@]12CCCN1[C@H](COS(C)(=O)=O)CC2. The Morgan fingerprint density at radius 1 is 1.44 bits per heavy atom. The molecule has 2 saturated heterocycles. The summed E-state index contributed by atoms with van der Waals surface area (Å²) in [6.45, 7) is 3.67. The van der Waals surface area contributed by atoms with Crippen molar-refractivity contribution in [2.24, 2.45) is 0 Å². The van der Waals surface area contributed by atoms with Gasteiger partial charge >= 0.3 is 0 Å². The quantitative estimate of drug-likeness (QED) is 0.704. The highest BCUT2D eigenvalue weighted by Gasteiger charge is 2.47. The van der Waals surface area contributed by atoms with Gasteiger partial charge in [-0.25, -0.2) is 0 Å². The minimum absolute atomic E-state index is 0.303. The van der Waals surface area contributed by atoms with Gasteiger partial charge in [0.25, 0.3) is 10.1 Å². The molecule has 0 aromatic rings. The predicted octanol–water partition coefficient (Wildman–Crippen LogP) is 1.37. The summed E-state index contributed by atoms with van der Waals surface area (Å²) in [6, 6.07) is 0.303. The Hall–Kier alpha value is -0.130. The van der Waals surface area contributed by atoms with Crippen LogP contribution in [0.25, 0.3) is 0 Å². The fourth-order valence-electron chi connectivity index (χ4n) is 3.32. The lowest BCUT2D eigenvalue weighted by Crippen LogP contribution is -2.43. The van der Waals surface area contributed by atoms with Crippen molar-refractivity contribution in [1.29, 1.82) is 0 Å². The molecule has 2 rings (SSSR count). The molecule has 0 unspecified atom stereocenters. The first-order chi connectivity index (χ1) is 7.47. The molecule has 0 bridgehead atoms. The lowest BCUT2D eigenvalue weighted by atomic mass is 9.91. The van der Waals surface area contributed by atoms with Crippen LogP contribution in [0.15, 0.2) is 0 Å². The standard InChI is InChI=1S/C11H21NO3S/c1-3-11-6-4-8-12(11)10(5-7-11)9-15-16(2,13)14/h10H,3-9H2,1-2H3/t10-,11-/m0/s1. The van der Waals surface area contributed by atoms with E-state index in [1.165, 1.54) is 25.7 Å². The van der Waals surface area contributed by atoms with Gasteiger partial charge in [-0.05, 0) is 38.6 Å². The predicted molar refractivity (Wildman–Crippen MR) is 62.8 cm³/mol. The molecule has 0 aliphatic carbocycles. The average Bonchev–Trinajstić information content (AvgIpc) is 2.71. The molecule has 2 aliphatic heterocycles. The molecule has 2 aliphatic rings. The molecule has 0 amide bonds. The van der Waals surface area contributed by atoms with E-state index in [9.17, 15) is 8.42 Å². The van der Waals surface area contributed by atoms with Gasteiger partial charge in [0.2, 0.25) is 0 Å². The Bertz CT molecular complexity index is 354. The van der Waals surface area contributed by atoms with Crippen LogP contribution in [0, 0.1) is 0 Å². The topological polar surface area (TPSA) is 46.6 Å². The van der Waals surface area contributed by atoms with Gasteiger partial charge in [-0.1, -0.05) is 6.92 Å². The molecule has 94 valence electrons. The van der Waals surface area contributed by atoms with E-state index in [0.717, 1.165) is 19.2 Å². The molecule has 0 aromatic carbocycles. The van der Waals surface area contributed by atoms with Crippen LogP contribution < -0.4 is 0 Å². The highest BCUT2D eigenvalue weighted by molar-refractivity contribution is 7.85. The van der Waals surface area contributed by atoms with Crippen LogP contribution in [-0.4, -0.2) is 44.3 Å². The van der Waals surface area contributed by atoms with E-state index in [-0.39, 0.29) is 0 Å². The Kier molecular flexibility index (Phi) is 3.29. The summed E-state index contributed by atoms with van der Waals surface area (Å²) in [4.78, 5) is 2.48. The van der Waals surface area contributed by atoms with Crippen LogP contribution in [0.1, 0.15) is 39.0 Å². The van der Waals surface area contributed by atoms with Crippen LogP contribution in [0.2, 0.25) is 0 Å². The molecule has 0 aromatic heterocycles. The molecule has 4 nitrogen and oxygen atoms in total. The number of rotatable bonds is 4. The van der Waals surface area contributed by atoms with Crippen LogP contribution in [0.3, 0.4) is 0 Å². The van der Waals surface area contributed by atoms with Gasteiger partial charge in [0.1, 0.15) is 0 Å². The Balaban J connectivity index is 1.99. The van der Waals surface area contributed by atoms with E-state index < -0.39 is 10.1 Å². The molecule has 2 fully saturated rings. The number of nitrogens with zero attached hydrogens (tertiary/aromatic N) is 1. The Morgan fingerprint density at radius 2 is 2.19 bits per heavy atom. The molecule has 0 radical (unpaired) electrons. The number of fused-ring (bicyclic) bond motifs is 1. The van der Waals surface area contributed by atoms with Crippen LogP contribution in [0.4, 0.5) is 0 Å². The second kappa shape index (κ2) is 4.27. The van der Waals surface area contributed by atoms with Crippen molar-refractivity contribution in [2.75, 3.05) is 19.4 Å². The average molecular weight is 247 g/mol. The number of hydrogen-bond donors (Lipinski definition) is 0. The lowest BCUT2D eigenvalue weighted by molar-refractivity contribution is 0.113. The minimum Gasteiger partial charge on any atom is -0.292 e. The van der Waals surface area contributed by atoms with Crippen LogP contribution >= 0.6 is 0 Å². The van der Waals surface area contributed by atoms with Crippen LogP contribution in [0.5, 0.6) is 0 Å². The van der Waals surface area contributed by atoms with E-state index in [1.54, 1.807) is 0 Å². The maximum Gasteiger partial charge on any atom is 0.264 e. The van der Waals surface area contributed by atoms with E-state index in [4.69, 9.17) is 4.18 Å². The normalized spacial score (nSPS) is 35.5. The Labute approximate surface area is 98.1 Å². The maximum absolute atomic E-state index is 11.0. The maximum atomic E-state index is 11.0. The fraction of sp³-hybridized carbons (Fsp3) is 1.00. The molecule has 2 heterocycles. The van der Waals surface area contributed by atoms with Crippen molar-refractivity contribution in [1.82, 2.24) is 4.90 Å². The summed E-state index contributed by atoms with van der Waals surface area (Å²) in [5.41, 5.74) is 0.353. The summed E-state index contributed by atoms with van der Waals surface area (Å²) in [5.74, 6) is 0. The van der Waals surface area contributed by atoms with Crippen molar-refractivity contribution in [2.45, 2.75) is 50.6 Å². The first-order valence-electron chi connectivity index (χ1n) is 6.08. The van der Waals surface area contributed by atoms with E-state index in [2.05, 4.69) is 11.8 Å². The van der Waals surface area contributed by atoms with E-state index in [0.29, 0.717) is 18.2 Å². The van der Waals surface area contributed by atoms with Crippen molar-refractivity contribution in [3.63, 3.8) is 0 Å². The van der Waals surface area contributed by atoms with Crippen LogP contribution in [-0.2, 0) is 14.3 Å². The summed E-state index contributed by atoms with van der Waals surface area (Å²) < 4.78 is 26.9. The minimum atomic E-state index is -3.29. The van der Waals surface area contributed by atoms with Gasteiger partial charge in [0, 0.05) is 11.6 Å². The van der Waals surface area contributed by atoms with Crippen molar-refractivity contribution < 1.29 is 12.6 Å². The molecule has 5 heteroatoms. The fourth-order valence-corrected chi connectivity index (χ4v) is 3.73. The van der Waals surface area contributed by atoms with Crippen molar-refractivity contribution >= 4 is 10.1 Å². The van der Waals surface area contributed by atoms with E-state index >= 15 is 0 Å². The first kappa shape index (κ1) is 12.3. The third kappa shape index (κ3) is 2.26. The molecule has 0 N–H and O–H groups in total. The summed E-state index contributed by atoms with van der Waals surface area (Å²) >= 11 is 0. The number of hydrogen-bond acceptors (Lipinski definition) is 4. The van der Waals surface area contributed by atoms with Gasteiger partial charge in [0.05, 0.1) is 12.9 Å². The van der Waals surface area contributed by atoms with Gasteiger partial charge in [-0.2, -0.15) is 8.42 Å². The van der Waals surface area contributed by atoms with Gasteiger partial charge in [0.15, 0.2) is 0 Å². The van der Waals surface area contributed by atoms with Gasteiger partial charge < -0.3 is 0 Å². The molecular formula is C11H21NO3S. The van der Waals surface area contributed by atoms with Gasteiger partial charge in [-0.15, -0.1) is 0 Å². The highest BCUT2D eigenvalue weighted by Crippen LogP contribution is 2.44. The monoisotopic (exact) mass is 247 g/mol. The molecule has 2 atom stereocenters. The highest BCUT2D eigenvalue weighted by atomic mass is 32.2. The summed E-state index contributed by atoms with van der Waals surface area (Å²) in [5, 5.41) is 0. The zero-order valence-corrected chi connectivity index (χ0v) is 10.9. The first-order valence-corrected chi connectivity index (χ1v) is 7.90. The zero-order chi connectivity index (χ0) is 11.8. The van der Waals surface area contributed by atoms with Crippen molar-refractivity contribution in [3.8, 4) is 0 Å². The second-order valence-corrected chi connectivity index (χ2v) is 6.70. The lowest BCUT2D eigenvalue weighted by Gasteiger charge is -2.34. The molecule has 16 heavy (non-hydrogen) atoms. The van der Waals surface area contributed by atoms with Gasteiger partial charge in [-0.3, -0.25) is 9.08 Å². The third-order valence-electron chi connectivity index (χ3n) is 4.17. The molecule has 0 saturated carbocycles. The molecule has 0 spiro atoms. The summed E-state index contributed by atoms with van der Waals surface area (Å²) in [6.07, 6.45) is 7.06. The molecular weight excluding hydrogens is 226 g/mol. The van der Waals surface area contributed by atoms with Crippen molar-refractivity contribution in [3.05, 3.63) is 0 Å². The largest absolute Gasteiger partial charge is 0.292 e. The summed E-state index contributed by atoms with van der Waals surface area (Å²) in [7, 11) is -3.29. The second-order valence-electron chi connectivity index (χ2n) is 5.06.